The summed E-state index contributed by atoms with van der Waals surface area (Å²) in [6, 6.07) is 7.08. The van der Waals surface area contributed by atoms with Crippen LogP contribution in [0.25, 0.3) is 11.4 Å². The van der Waals surface area contributed by atoms with Crippen LogP contribution >= 0.6 is 15.9 Å². The first-order valence-electron chi connectivity index (χ1n) is 6.79. The van der Waals surface area contributed by atoms with Gasteiger partial charge < -0.3 is 4.74 Å². The van der Waals surface area contributed by atoms with Gasteiger partial charge in [0, 0.05) is 10.0 Å². The van der Waals surface area contributed by atoms with Crippen LogP contribution in [0.3, 0.4) is 0 Å². The van der Waals surface area contributed by atoms with Gasteiger partial charge in [0.05, 0.1) is 7.11 Å². The second kappa shape index (κ2) is 7.31. The van der Waals surface area contributed by atoms with E-state index in [4.69, 9.17) is 4.74 Å². The number of aromatic nitrogens is 4. The zero-order chi connectivity index (χ0) is 15.2. The number of hydrogen-bond acceptors (Lipinski definition) is 5. The lowest BCUT2D eigenvalue weighted by atomic mass is 10.1. The largest absolute Gasteiger partial charge is 0.467 e. The molecule has 0 aliphatic carbocycles. The number of tetrazole rings is 1. The summed E-state index contributed by atoms with van der Waals surface area (Å²) < 4.78 is 5.80. The average Bonchev–Trinajstić information content (AvgIpc) is 2.97. The highest BCUT2D eigenvalue weighted by Gasteiger charge is 2.23. The van der Waals surface area contributed by atoms with E-state index in [2.05, 4.69) is 38.3 Å². The maximum Gasteiger partial charge on any atom is 0.332 e. The molecule has 6 nitrogen and oxygen atoms in total. The third-order valence-electron chi connectivity index (χ3n) is 3.11. The van der Waals surface area contributed by atoms with Gasteiger partial charge in [-0.3, -0.25) is 0 Å². The van der Waals surface area contributed by atoms with Crippen LogP contribution in [0.1, 0.15) is 32.2 Å². The fraction of sp³-hybridized carbons (Fsp3) is 0.429. The predicted molar refractivity (Wildman–Crippen MR) is 81.5 cm³/mol. The van der Waals surface area contributed by atoms with Gasteiger partial charge in [-0.15, -0.1) is 15.0 Å². The van der Waals surface area contributed by atoms with E-state index in [0.29, 0.717) is 12.2 Å². The molecular formula is C14H17BrN4O2. The standard InChI is InChI=1S/C14H17BrN4O2/c1-3-4-5-12(14(20)21-2)19-17-13(16-18-19)10-6-8-11(15)9-7-10/h6-9,12H,3-5H2,1-2H3. The minimum Gasteiger partial charge on any atom is -0.467 e. The second-order valence-electron chi connectivity index (χ2n) is 4.62. The van der Waals surface area contributed by atoms with E-state index in [1.54, 1.807) is 0 Å². The molecule has 0 radical (unpaired) electrons. The summed E-state index contributed by atoms with van der Waals surface area (Å²) in [5.74, 6) is 0.149. The molecule has 0 aliphatic heterocycles. The Labute approximate surface area is 131 Å². The van der Waals surface area contributed by atoms with Crippen LogP contribution in [0.5, 0.6) is 0 Å². The molecule has 1 heterocycles. The molecule has 112 valence electrons. The molecule has 0 saturated heterocycles. The fourth-order valence-electron chi connectivity index (χ4n) is 1.93. The van der Waals surface area contributed by atoms with Gasteiger partial charge in [0.25, 0.3) is 0 Å². The van der Waals surface area contributed by atoms with Gasteiger partial charge >= 0.3 is 5.97 Å². The number of rotatable bonds is 6. The highest BCUT2D eigenvalue weighted by atomic mass is 79.9. The molecule has 1 atom stereocenters. The number of ether oxygens (including phenoxy) is 1. The Kier molecular flexibility index (Phi) is 5.44. The van der Waals surface area contributed by atoms with Crippen LogP contribution in [0.2, 0.25) is 0 Å². The lowest BCUT2D eigenvalue weighted by molar-refractivity contribution is -0.145. The van der Waals surface area contributed by atoms with Gasteiger partial charge in [-0.1, -0.05) is 35.7 Å². The molecule has 0 N–H and O–H groups in total. The maximum atomic E-state index is 11.9. The van der Waals surface area contributed by atoms with E-state index in [1.807, 2.05) is 24.3 Å². The Morgan fingerprint density at radius 3 is 2.71 bits per heavy atom. The quantitative estimate of drug-likeness (QED) is 0.747. The van der Waals surface area contributed by atoms with Gasteiger partial charge in [-0.2, -0.15) is 0 Å². The second-order valence-corrected chi connectivity index (χ2v) is 5.54. The smallest absolute Gasteiger partial charge is 0.332 e. The van der Waals surface area contributed by atoms with Crippen LogP contribution in [0.15, 0.2) is 28.7 Å². The summed E-state index contributed by atoms with van der Waals surface area (Å²) in [4.78, 5) is 13.2. The highest BCUT2D eigenvalue weighted by Crippen LogP contribution is 2.20. The molecule has 0 aliphatic rings. The number of nitrogens with zero attached hydrogens (tertiary/aromatic N) is 4. The first-order chi connectivity index (χ1) is 10.2. The number of benzene rings is 1. The number of halogens is 1. The third kappa shape index (κ3) is 3.87. The molecule has 7 heteroatoms. The number of carbonyl (C=O) groups is 1. The molecular weight excluding hydrogens is 336 g/mol. The van der Waals surface area contributed by atoms with Gasteiger partial charge in [0.1, 0.15) is 0 Å². The van der Waals surface area contributed by atoms with E-state index in [-0.39, 0.29) is 5.97 Å². The lowest BCUT2D eigenvalue weighted by Gasteiger charge is -2.12. The maximum absolute atomic E-state index is 11.9. The molecule has 2 aromatic rings. The van der Waals surface area contributed by atoms with Crippen molar-refractivity contribution in [2.24, 2.45) is 0 Å². The summed E-state index contributed by atoms with van der Waals surface area (Å²) >= 11 is 3.38. The molecule has 0 bridgehead atoms. The van der Waals surface area contributed by atoms with Crippen LogP contribution in [-0.2, 0) is 9.53 Å². The lowest BCUT2D eigenvalue weighted by Crippen LogP contribution is -2.23. The molecule has 0 saturated carbocycles. The average molecular weight is 353 g/mol. The molecule has 0 spiro atoms. The predicted octanol–water partition coefficient (Wildman–Crippen LogP) is 3.01. The van der Waals surface area contributed by atoms with Crippen molar-refractivity contribution in [3.63, 3.8) is 0 Å². The highest BCUT2D eigenvalue weighted by molar-refractivity contribution is 9.10. The Morgan fingerprint density at radius 1 is 1.38 bits per heavy atom. The molecule has 0 fully saturated rings. The number of hydrogen-bond donors (Lipinski definition) is 0. The summed E-state index contributed by atoms with van der Waals surface area (Å²) in [7, 11) is 1.37. The van der Waals surface area contributed by atoms with Crippen LogP contribution in [0.4, 0.5) is 0 Å². The molecule has 2 rings (SSSR count). The zero-order valence-corrected chi connectivity index (χ0v) is 13.6. The number of unbranched alkanes of at least 4 members (excludes halogenated alkanes) is 1. The van der Waals surface area contributed by atoms with Gasteiger partial charge in [-0.25, -0.2) is 4.79 Å². The zero-order valence-electron chi connectivity index (χ0n) is 12.0. The Balaban J connectivity index is 2.23. The van der Waals surface area contributed by atoms with Gasteiger partial charge in [-0.05, 0) is 35.9 Å². The van der Waals surface area contributed by atoms with Crippen molar-refractivity contribution in [1.82, 2.24) is 20.2 Å². The first-order valence-corrected chi connectivity index (χ1v) is 7.58. The molecule has 1 aromatic carbocycles. The summed E-state index contributed by atoms with van der Waals surface area (Å²) in [5, 5.41) is 12.3. The van der Waals surface area contributed by atoms with E-state index in [1.165, 1.54) is 11.9 Å². The van der Waals surface area contributed by atoms with Crippen molar-refractivity contribution in [2.45, 2.75) is 32.2 Å². The summed E-state index contributed by atoms with van der Waals surface area (Å²) in [5.41, 5.74) is 0.851. The fourth-order valence-corrected chi connectivity index (χ4v) is 2.20. The Morgan fingerprint density at radius 2 is 2.10 bits per heavy atom. The molecule has 1 unspecified atom stereocenters. The Hall–Kier alpha value is -1.76. The summed E-state index contributed by atoms with van der Waals surface area (Å²) in [6.07, 6.45) is 2.52. The van der Waals surface area contributed by atoms with Crippen molar-refractivity contribution >= 4 is 21.9 Å². The van der Waals surface area contributed by atoms with Crippen molar-refractivity contribution in [3.05, 3.63) is 28.7 Å². The van der Waals surface area contributed by atoms with Crippen molar-refractivity contribution in [2.75, 3.05) is 7.11 Å². The normalized spacial score (nSPS) is 12.1. The third-order valence-corrected chi connectivity index (χ3v) is 3.64. The van der Waals surface area contributed by atoms with Crippen LogP contribution in [-0.4, -0.2) is 33.3 Å². The minimum atomic E-state index is -0.522. The minimum absolute atomic E-state index is 0.344. The van der Waals surface area contributed by atoms with Gasteiger partial charge in [0.15, 0.2) is 6.04 Å². The van der Waals surface area contributed by atoms with E-state index < -0.39 is 6.04 Å². The van der Waals surface area contributed by atoms with E-state index in [0.717, 1.165) is 22.9 Å². The molecule has 21 heavy (non-hydrogen) atoms. The van der Waals surface area contributed by atoms with Crippen molar-refractivity contribution in [3.8, 4) is 11.4 Å². The first kappa shape index (κ1) is 15.6. The monoisotopic (exact) mass is 352 g/mol. The number of carbonyl (C=O) groups excluding carboxylic acids is 1. The summed E-state index contributed by atoms with van der Waals surface area (Å²) in [6.45, 7) is 2.07. The molecule has 0 amide bonds. The van der Waals surface area contributed by atoms with Crippen LogP contribution < -0.4 is 0 Å². The van der Waals surface area contributed by atoms with Crippen LogP contribution in [0, 0.1) is 0 Å². The number of methoxy groups -OCH3 is 1. The molecule has 1 aromatic heterocycles. The van der Waals surface area contributed by atoms with E-state index >= 15 is 0 Å². The topological polar surface area (TPSA) is 69.9 Å². The van der Waals surface area contributed by atoms with Crippen molar-refractivity contribution in [1.29, 1.82) is 0 Å². The van der Waals surface area contributed by atoms with E-state index in [9.17, 15) is 4.79 Å². The van der Waals surface area contributed by atoms with Crippen molar-refractivity contribution < 1.29 is 9.53 Å². The SMILES string of the molecule is CCCCC(C(=O)OC)n1nnc(-c2ccc(Br)cc2)n1. The Bertz CT molecular complexity index is 597. The number of esters is 1. The van der Waals surface area contributed by atoms with Gasteiger partial charge in [0.2, 0.25) is 5.82 Å².